The Labute approximate surface area is 81.0 Å². The van der Waals surface area contributed by atoms with Gasteiger partial charge in [-0.15, -0.1) is 0 Å². The second-order valence-corrected chi connectivity index (χ2v) is 13.2. The molecule has 0 heterocycles. The van der Waals surface area contributed by atoms with Gasteiger partial charge in [-0.2, -0.15) is 0 Å². The summed E-state index contributed by atoms with van der Waals surface area (Å²) in [4.78, 5) is 0. The first-order valence-corrected chi connectivity index (χ1v) is 11.7. The van der Waals surface area contributed by atoms with Gasteiger partial charge in [0.25, 0.3) is 0 Å². The van der Waals surface area contributed by atoms with Crippen molar-refractivity contribution >= 4 is 26.6 Å². The van der Waals surface area contributed by atoms with Crippen LogP contribution in [0.4, 0.5) is 0 Å². The maximum Gasteiger partial charge on any atom is 0.313 e. The van der Waals surface area contributed by atoms with Crippen LogP contribution in [0.15, 0.2) is 0 Å². The molecule has 0 aromatic carbocycles. The molecule has 0 saturated heterocycles. The van der Waals surface area contributed by atoms with Crippen LogP contribution in [-0.4, -0.2) is 26.6 Å². The molecular formula is C7H20O2Si3. The highest BCUT2D eigenvalue weighted by molar-refractivity contribution is 6.83. The molecule has 2 radical (unpaired) electrons. The summed E-state index contributed by atoms with van der Waals surface area (Å²) in [5.41, 5.74) is 0. The molecule has 0 rings (SSSR count). The van der Waals surface area contributed by atoms with Crippen molar-refractivity contribution in [3.05, 3.63) is 0 Å². The number of hydrogen-bond acceptors (Lipinski definition) is 2. The van der Waals surface area contributed by atoms with E-state index in [2.05, 4.69) is 39.7 Å². The monoisotopic (exact) mass is 220 g/mol. The van der Waals surface area contributed by atoms with E-state index in [1.165, 1.54) is 0 Å². The molecule has 0 fully saturated rings. The van der Waals surface area contributed by atoms with Gasteiger partial charge in [0.05, 0.1) is 0 Å². The first kappa shape index (κ1) is 12.6. The van der Waals surface area contributed by atoms with Crippen LogP contribution < -0.4 is 0 Å². The van der Waals surface area contributed by atoms with Crippen molar-refractivity contribution in [1.82, 2.24) is 0 Å². The fourth-order valence-electron chi connectivity index (χ4n) is 1.03. The molecule has 1 unspecified atom stereocenters. The Morgan fingerprint density at radius 1 is 1.17 bits per heavy atom. The van der Waals surface area contributed by atoms with E-state index < -0.39 is 16.9 Å². The molecule has 0 spiro atoms. The Balaban J connectivity index is 4.14. The zero-order valence-corrected chi connectivity index (χ0v) is 12.0. The van der Waals surface area contributed by atoms with Crippen molar-refractivity contribution in [3.8, 4) is 0 Å². The summed E-state index contributed by atoms with van der Waals surface area (Å²) in [6.07, 6.45) is 0. The lowest BCUT2D eigenvalue weighted by molar-refractivity contribution is 0.402. The highest BCUT2D eigenvalue weighted by Gasteiger charge is 2.33. The van der Waals surface area contributed by atoms with Crippen molar-refractivity contribution in [2.75, 3.05) is 0 Å². The lowest BCUT2D eigenvalue weighted by Gasteiger charge is -2.32. The molecule has 0 saturated carbocycles. The smallest absolute Gasteiger partial charge is 0.313 e. The second-order valence-electron chi connectivity index (χ2n) is 4.01. The van der Waals surface area contributed by atoms with Gasteiger partial charge in [0.2, 0.25) is 9.76 Å². The minimum atomic E-state index is -1.78. The van der Waals surface area contributed by atoms with Crippen LogP contribution in [0.1, 0.15) is 6.92 Å². The average Bonchev–Trinajstić information content (AvgIpc) is 1.84. The summed E-state index contributed by atoms with van der Waals surface area (Å²) >= 11 is 0. The predicted molar refractivity (Wildman–Crippen MR) is 59.2 cm³/mol. The second kappa shape index (κ2) is 4.71. The SMILES string of the molecule is CC[Si](C)(O[Si]C)O[Si](C)(C)C. The van der Waals surface area contributed by atoms with E-state index in [4.69, 9.17) is 8.23 Å². The van der Waals surface area contributed by atoms with Crippen LogP contribution in [0.5, 0.6) is 0 Å². The van der Waals surface area contributed by atoms with E-state index >= 15 is 0 Å². The normalized spacial score (nSPS) is 17.5. The minimum Gasteiger partial charge on any atom is -0.437 e. The molecule has 5 heteroatoms. The predicted octanol–water partition coefficient (Wildman–Crippen LogP) is 2.61. The van der Waals surface area contributed by atoms with Gasteiger partial charge in [0, 0.05) is 0 Å². The summed E-state index contributed by atoms with van der Waals surface area (Å²) in [5.74, 6) is 0. The molecule has 0 aliphatic carbocycles. The highest BCUT2D eigenvalue weighted by atomic mass is 28.5. The van der Waals surface area contributed by atoms with E-state index in [0.29, 0.717) is 9.76 Å². The van der Waals surface area contributed by atoms with E-state index in [1.807, 2.05) is 0 Å². The van der Waals surface area contributed by atoms with Gasteiger partial charge < -0.3 is 8.23 Å². The van der Waals surface area contributed by atoms with E-state index in [0.717, 1.165) is 6.04 Å². The lowest BCUT2D eigenvalue weighted by Crippen LogP contribution is -2.47. The van der Waals surface area contributed by atoms with Crippen LogP contribution in [-0.2, 0) is 8.23 Å². The maximum absolute atomic E-state index is 6.08. The topological polar surface area (TPSA) is 18.5 Å². The Morgan fingerprint density at radius 2 is 1.67 bits per heavy atom. The van der Waals surface area contributed by atoms with Crippen molar-refractivity contribution in [2.24, 2.45) is 0 Å². The average molecular weight is 220 g/mol. The fourth-order valence-corrected chi connectivity index (χ4v) is 9.63. The van der Waals surface area contributed by atoms with Crippen molar-refractivity contribution in [1.29, 1.82) is 0 Å². The summed E-state index contributed by atoms with van der Waals surface area (Å²) in [6, 6.07) is 1.05. The zero-order valence-electron chi connectivity index (χ0n) is 9.02. The molecule has 2 nitrogen and oxygen atoms in total. The van der Waals surface area contributed by atoms with Gasteiger partial charge in [-0.1, -0.05) is 6.92 Å². The van der Waals surface area contributed by atoms with E-state index in [9.17, 15) is 0 Å². The van der Waals surface area contributed by atoms with Crippen LogP contribution >= 0.6 is 0 Å². The molecule has 0 amide bonds. The van der Waals surface area contributed by atoms with Crippen molar-refractivity contribution < 1.29 is 8.23 Å². The molecule has 0 aromatic rings. The van der Waals surface area contributed by atoms with Gasteiger partial charge in [-0.05, 0) is 38.8 Å². The molecule has 12 heavy (non-hydrogen) atoms. The van der Waals surface area contributed by atoms with Crippen molar-refractivity contribution in [2.45, 2.75) is 45.7 Å². The van der Waals surface area contributed by atoms with Crippen LogP contribution in [0, 0.1) is 0 Å². The minimum absolute atomic E-state index is 0.561. The fraction of sp³-hybridized carbons (Fsp3) is 1.00. The van der Waals surface area contributed by atoms with E-state index in [1.54, 1.807) is 0 Å². The zero-order chi connectivity index (χ0) is 9.83. The van der Waals surface area contributed by atoms with Crippen LogP contribution in [0.25, 0.3) is 0 Å². The first-order valence-electron chi connectivity index (χ1n) is 4.38. The molecule has 0 aliphatic rings. The van der Waals surface area contributed by atoms with Gasteiger partial charge in [-0.3, -0.25) is 0 Å². The lowest BCUT2D eigenvalue weighted by atomic mass is 11.0. The van der Waals surface area contributed by atoms with Gasteiger partial charge in [0.1, 0.15) is 0 Å². The summed E-state index contributed by atoms with van der Waals surface area (Å²) in [6.45, 7) is 13.0. The summed E-state index contributed by atoms with van der Waals surface area (Å²) in [7, 11) is -2.63. The summed E-state index contributed by atoms with van der Waals surface area (Å²) < 4.78 is 11.8. The Hall–Kier alpha value is 0.571. The molecular weight excluding hydrogens is 200 g/mol. The maximum atomic E-state index is 6.08. The number of hydrogen-bond donors (Lipinski definition) is 0. The van der Waals surface area contributed by atoms with Crippen LogP contribution in [0.3, 0.4) is 0 Å². The third kappa shape index (κ3) is 5.26. The third-order valence-electron chi connectivity index (χ3n) is 1.48. The Morgan fingerprint density at radius 3 is 1.92 bits per heavy atom. The molecule has 72 valence electrons. The molecule has 0 aliphatic heterocycles. The van der Waals surface area contributed by atoms with Crippen LogP contribution in [0.2, 0.25) is 38.8 Å². The quantitative estimate of drug-likeness (QED) is 0.663. The van der Waals surface area contributed by atoms with Gasteiger partial charge in [-0.25, -0.2) is 0 Å². The molecule has 1 atom stereocenters. The summed E-state index contributed by atoms with van der Waals surface area (Å²) in [5, 5.41) is 0. The molecule has 0 aromatic heterocycles. The van der Waals surface area contributed by atoms with Crippen molar-refractivity contribution in [3.63, 3.8) is 0 Å². The third-order valence-corrected chi connectivity index (χ3v) is 9.49. The molecule has 0 bridgehead atoms. The standard InChI is InChI=1S/C7H20O2Si3/c1-7-12(6,8-10-2)9-11(3,4)5/h7H2,1-6H3. The molecule has 0 N–H and O–H groups in total. The Kier molecular flexibility index (Phi) is 4.93. The first-order chi connectivity index (χ1) is 5.33. The van der Waals surface area contributed by atoms with Gasteiger partial charge in [0.15, 0.2) is 8.32 Å². The largest absolute Gasteiger partial charge is 0.437 e. The Bertz CT molecular complexity index is 135. The number of rotatable bonds is 5. The highest BCUT2D eigenvalue weighted by Crippen LogP contribution is 2.18. The van der Waals surface area contributed by atoms with Gasteiger partial charge >= 0.3 is 8.56 Å². The van der Waals surface area contributed by atoms with E-state index in [-0.39, 0.29) is 0 Å².